The van der Waals surface area contributed by atoms with Crippen molar-refractivity contribution in [1.29, 1.82) is 0 Å². The highest BCUT2D eigenvalue weighted by Crippen LogP contribution is 2.33. The molecule has 1 N–H and O–H groups in total. The maximum atomic E-state index is 13.3. The van der Waals surface area contributed by atoms with Crippen LogP contribution >= 0.6 is 0 Å². The molecule has 0 saturated carbocycles. The Hall–Kier alpha value is -4.11. The molecule has 1 aromatic carbocycles. The van der Waals surface area contributed by atoms with Crippen molar-refractivity contribution < 1.29 is 53.8 Å². The molecule has 1 atom stereocenters. The zero-order chi connectivity index (χ0) is 29.0. The monoisotopic (exact) mass is 568 g/mol. The van der Waals surface area contributed by atoms with Crippen molar-refractivity contribution in [1.82, 2.24) is 20.3 Å². The summed E-state index contributed by atoms with van der Waals surface area (Å²) in [5.74, 6) is -2.10. The normalized spacial score (nSPS) is 13.1. The number of pyridine rings is 1. The molecular formula is C23H17F9N4O3. The van der Waals surface area contributed by atoms with Gasteiger partial charge < -0.3 is 14.8 Å². The van der Waals surface area contributed by atoms with Crippen LogP contribution in [0.2, 0.25) is 0 Å². The van der Waals surface area contributed by atoms with Crippen molar-refractivity contribution >= 4 is 5.91 Å². The standard InChI is InChI=1S/C23H17F9N4O3/c1-12(18-19(34-5-4-33-18)17-3-2-15(9-35-17)38-10-21(24,25)26)36-20(37)13-6-14(23(30,31)32)8-16(7-13)39-11-22(27,28)29/h2-9,12H,10-11H2,1H3,(H,36,37). The molecule has 0 radical (unpaired) electrons. The van der Waals surface area contributed by atoms with Crippen LogP contribution in [0.3, 0.4) is 0 Å². The number of rotatable bonds is 8. The Morgan fingerprint density at radius 3 is 2.03 bits per heavy atom. The van der Waals surface area contributed by atoms with E-state index in [9.17, 15) is 44.3 Å². The van der Waals surface area contributed by atoms with Crippen LogP contribution in [0.1, 0.15) is 34.6 Å². The van der Waals surface area contributed by atoms with Crippen molar-refractivity contribution in [3.8, 4) is 22.9 Å². The first kappa shape index (κ1) is 29.4. The second-order valence-electron chi connectivity index (χ2n) is 7.92. The summed E-state index contributed by atoms with van der Waals surface area (Å²) in [7, 11) is 0. The maximum Gasteiger partial charge on any atom is 0.422 e. The topological polar surface area (TPSA) is 86.2 Å². The van der Waals surface area contributed by atoms with Gasteiger partial charge in [-0.2, -0.15) is 39.5 Å². The number of nitrogens with zero attached hydrogens (tertiary/aromatic N) is 3. The Morgan fingerprint density at radius 2 is 1.46 bits per heavy atom. The first-order chi connectivity index (χ1) is 18.0. The zero-order valence-corrected chi connectivity index (χ0v) is 19.6. The maximum absolute atomic E-state index is 13.3. The molecule has 16 heteroatoms. The lowest BCUT2D eigenvalue weighted by Gasteiger charge is -2.18. The molecule has 0 aliphatic carbocycles. The minimum Gasteiger partial charge on any atom is -0.484 e. The molecule has 0 bridgehead atoms. The Balaban J connectivity index is 1.83. The Labute approximate surface area is 214 Å². The van der Waals surface area contributed by atoms with E-state index in [0.717, 1.165) is 12.3 Å². The average Bonchev–Trinajstić information content (AvgIpc) is 2.85. The summed E-state index contributed by atoms with van der Waals surface area (Å²) >= 11 is 0. The molecule has 0 aliphatic rings. The van der Waals surface area contributed by atoms with Gasteiger partial charge in [-0.05, 0) is 37.3 Å². The van der Waals surface area contributed by atoms with E-state index in [1.807, 2.05) is 0 Å². The van der Waals surface area contributed by atoms with Crippen LogP contribution in [0, 0.1) is 0 Å². The summed E-state index contributed by atoms with van der Waals surface area (Å²) in [6.07, 6.45) is -10.9. The fourth-order valence-corrected chi connectivity index (χ4v) is 3.12. The Kier molecular flexibility index (Phi) is 8.55. The molecule has 7 nitrogen and oxygen atoms in total. The number of carbonyl (C=O) groups is 1. The number of hydrogen-bond donors (Lipinski definition) is 1. The molecule has 3 aromatic rings. The van der Waals surface area contributed by atoms with Gasteiger partial charge in [-0.1, -0.05) is 0 Å². The molecular weight excluding hydrogens is 551 g/mol. The number of ether oxygens (including phenoxy) is 2. The van der Waals surface area contributed by atoms with Gasteiger partial charge in [0.1, 0.15) is 17.2 Å². The first-order valence-corrected chi connectivity index (χ1v) is 10.7. The minimum absolute atomic E-state index is 0.0860. The number of nitrogens with one attached hydrogen (secondary N) is 1. The minimum atomic E-state index is -4.99. The summed E-state index contributed by atoms with van der Waals surface area (Å²) in [5.41, 5.74) is -1.74. The fraction of sp³-hybridized carbons (Fsp3) is 0.304. The third kappa shape index (κ3) is 8.71. The van der Waals surface area contributed by atoms with Gasteiger partial charge >= 0.3 is 18.5 Å². The van der Waals surface area contributed by atoms with Crippen molar-refractivity contribution in [3.63, 3.8) is 0 Å². The van der Waals surface area contributed by atoms with E-state index in [0.29, 0.717) is 12.1 Å². The lowest BCUT2D eigenvalue weighted by molar-refractivity contribution is -0.154. The molecule has 0 saturated heterocycles. The van der Waals surface area contributed by atoms with Crippen molar-refractivity contribution in [2.75, 3.05) is 13.2 Å². The van der Waals surface area contributed by atoms with Gasteiger partial charge in [0.15, 0.2) is 13.2 Å². The van der Waals surface area contributed by atoms with Crippen LogP contribution in [0.25, 0.3) is 11.4 Å². The van der Waals surface area contributed by atoms with E-state index >= 15 is 0 Å². The molecule has 0 spiro atoms. The molecule has 3 rings (SSSR count). The van der Waals surface area contributed by atoms with E-state index in [2.05, 4.69) is 29.7 Å². The van der Waals surface area contributed by atoms with Gasteiger partial charge in [0.25, 0.3) is 5.91 Å². The quantitative estimate of drug-likeness (QED) is 0.339. The van der Waals surface area contributed by atoms with Crippen LogP contribution in [0.5, 0.6) is 11.5 Å². The SMILES string of the molecule is CC(NC(=O)c1cc(OCC(F)(F)F)cc(C(F)(F)F)c1)c1nccnc1-c1ccc(OCC(F)(F)F)cn1. The second kappa shape index (κ2) is 11.3. The summed E-state index contributed by atoms with van der Waals surface area (Å²) in [5, 5.41) is 2.39. The predicted molar refractivity (Wildman–Crippen MR) is 116 cm³/mol. The van der Waals surface area contributed by atoms with Gasteiger partial charge in [-0.15, -0.1) is 0 Å². The molecule has 210 valence electrons. The lowest BCUT2D eigenvalue weighted by Crippen LogP contribution is -2.28. The molecule has 39 heavy (non-hydrogen) atoms. The molecule has 2 aromatic heterocycles. The van der Waals surface area contributed by atoms with Crippen LogP contribution in [0.4, 0.5) is 39.5 Å². The number of benzene rings is 1. The van der Waals surface area contributed by atoms with E-state index in [4.69, 9.17) is 0 Å². The zero-order valence-electron chi connectivity index (χ0n) is 19.6. The van der Waals surface area contributed by atoms with Crippen LogP contribution in [-0.2, 0) is 6.18 Å². The van der Waals surface area contributed by atoms with E-state index < -0.39 is 60.6 Å². The van der Waals surface area contributed by atoms with E-state index in [1.54, 1.807) is 0 Å². The summed E-state index contributed by atoms with van der Waals surface area (Å²) in [6.45, 7) is -2.01. The Bertz CT molecular complexity index is 1290. The van der Waals surface area contributed by atoms with Crippen LogP contribution < -0.4 is 14.8 Å². The number of alkyl halides is 9. The van der Waals surface area contributed by atoms with Crippen molar-refractivity contribution in [2.45, 2.75) is 31.5 Å². The summed E-state index contributed by atoms with van der Waals surface area (Å²) in [4.78, 5) is 25.0. The third-order valence-electron chi connectivity index (χ3n) is 4.76. The predicted octanol–water partition coefficient (Wildman–Crippen LogP) is 5.93. The molecule has 0 fully saturated rings. The van der Waals surface area contributed by atoms with Crippen molar-refractivity contribution in [3.05, 3.63) is 65.7 Å². The van der Waals surface area contributed by atoms with Gasteiger partial charge in [0.2, 0.25) is 0 Å². The van der Waals surface area contributed by atoms with Gasteiger partial charge in [-0.25, -0.2) is 0 Å². The lowest BCUT2D eigenvalue weighted by atomic mass is 10.1. The van der Waals surface area contributed by atoms with Gasteiger partial charge in [0, 0.05) is 18.0 Å². The largest absolute Gasteiger partial charge is 0.484 e. The third-order valence-corrected chi connectivity index (χ3v) is 4.76. The number of halogens is 9. The highest BCUT2D eigenvalue weighted by Gasteiger charge is 2.34. The fourth-order valence-electron chi connectivity index (χ4n) is 3.12. The molecule has 1 amide bonds. The number of carbonyl (C=O) groups excluding carboxylic acids is 1. The number of hydrogen-bond acceptors (Lipinski definition) is 6. The molecule has 2 heterocycles. The number of amides is 1. The van der Waals surface area contributed by atoms with E-state index in [1.165, 1.54) is 31.5 Å². The number of aromatic nitrogens is 3. The van der Waals surface area contributed by atoms with E-state index in [-0.39, 0.29) is 22.8 Å². The van der Waals surface area contributed by atoms with Crippen LogP contribution in [0.15, 0.2) is 48.9 Å². The first-order valence-electron chi connectivity index (χ1n) is 10.7. The van der Waals surface area contributed by atoms with Gasteiger partial charge in [0.05, 0.1) is 29.2 Å². The summed E-state index contributed by atoms with van der Waals surface area (Å²) < 4.78 is 123. The second-order valence-corrected chi connectivity index (χ2v) is 7.92. The molecule has 0 aliphatic heterocycles. The van der Waals surface area contributed by atoms with Gasteiger partial charge in [-0.3, -0.25) is 19.7 Å². The highest BCUT2D eigenvalue weighted by atomic mass is 19.4. The summed E-state index contributed by atoms with van der Waals surface area (Å²) in [6, 6.07) is 2.97. The Morgan fingerprint density at radius 1 is 0.846 bits per heavy atom. The molecule has 1 unspecified atom stereocenters. The average molecular weight is 568 g/mol. The van der Waals surface area contributed by atoms with Crippen molar-refractivity contribution in [2.24, 2.45) is 0 Å². The highest BCUT2D eigenvalue weighted by molar-refractivity contribution is 5.95. The van der Waals surface area contributed by atoms with Crippen LogP contribution in [-0.4, -0.2) is 46.4 Å². The smallest absolute Gasteiger partial charge is 0.422 e.